The summed E-state index contributed by atoms with van der Waals surface area (Å²) < 4.78 is 0. The topological polar surface area (TPSA) is 63.3 Å². The van der Waals surface area contributed by atoms with Gasteiger partial charge in [-0.3, -0.25) is 4.79 Å². The lowest BCUT2D eigenvalue weighted by molar-refractivity contribution is -0.119. The van der Waals surface area contributed by atoms with Crippen molar-refractivity contribution in [1.29, 1.82) is 0 Å². The zero-order valence-electron chi connectivity index (χ0n) is 7.12. The van der Waals surface area contributed by atoms with Gasteiger partial charge in [0.25, 0.3) is 0 Å². The van der Waals surface area contributed by atoms with Crippen LogP contribution < -0.4 is 5.73 Å². The molecule has 4 heteroatoms. The van der Waals surface area contributed by atoms with E-state index < -0.39 is 11.8 Å². The van der Waals surface area contributed by atoms with Gasteiger partial charge < -0.3 is 10.8 Å². The van der Waals surface area contributed by atoms with Gasteiger partial charge >= 0.3 is 0 Å². The van der Waals surface area contributed by atoms with Gasteiger partial charge in [0.15, 0.2) is 0 Å². The molecule has 1 amide bonds. The molecule has 0 fully saturated rings. The number of carbonyl (C=O) groups is 1. The third-order valence-corrected chi connectivity index (χ3v) is 2.12. The number of hydrogen-bond acceptors (Lipinski definition) is 2. The lowest BCUT2D eigenvalue weighted by Crippen LogP contribution is -2.18. The number of nitrogens with two attached hydrogens (primary N) is 1. The van der Waals surface area contributed by atoms with Crippen molar-refractivity contribution in [2.24, 2.45) is 5.73 Å². The van der Waals surface area contributed by atoms with Crippen LogP contribution >= 0.6 is 11.6 Å². The summed E-state index contributed by atoms with van der Waals surface area (Å²) >= 11 is 5.70. The van der Waals surface area contributed by atoms with Gasteiger partial charge in [-0.05, 0) is 25.1 Å². The SMILES string of the molecule is CC(C(N)=O)c1cc(Cl)ccc1O. The summed E-state index contributed by atoms with van der Waals surface area (Å²) in [4.78, 5) is 10.8. The highest BCUT2D eigenvalue weighted by molar-refractivity contribution is 6.30. The largest absolute Gasteiger partial charge is 0.508 e. The minimum absolute atomic E-state index is 0.0377. The van der Waals surface area contributed by atoms with Gasteiger partial charge in [0.1, 0.15) is 5.75 Å². The molecule has 3 N–H and O–H groups in total. The maximum absolute atomic E-state index is 10.8. The number of phenols is 1. The molecule has 0 heterocycles. The third-order valence-electron chi connectivity index (χ3n) is 1.88. The summed E-state index contributed by atoms with van der Waals surface area (Å²) in [5.41, 5.74) is 5.55. The summed E-state index contributed by atoms with van der Waals surface area (Å²) in [7, 11) is 0. The van der Waals surface area contributed by atoms with E-state index in [0.29, 0.717) is 10.6 Å². The number of rotatable bonds is 2. The Labute approximate surface area is 81.1 Å². The van der Waals surface area contributed by atoms with Crippen molar-refractivity contribution in [2.75, 3.05) is 0 Å². The Bertz CT molecular complexity index is 338. The molecule has 0 saturated carbocycles. The Balaban J connectivity index is 3.12. The molecule has 0 bridgehead atoms. The van der Waals surface area contributed by atoms with Crippen LogP contribution in [0.15, 0.2) is 18.2 Å². The minimum atomic E-state index is -0.529. The van der Waals surface area contributed by atoms with Crippen LogP contribution in [-0.4, -0.2) is 11.0 Å². The fourth-order valence-electron chi connectivity index (χ4n) is 1.03. The standard InChI is InChI=1S/C9H10ClNO2/c1-5(9(11)13)7-4-6(10)2-3-8(7)12/h2-5,12H,1H3,(H2,11,13). The van der Waals surface area contributed by atoms with Crippen molar-refractivity contribution in [3.8, 4) is 5.75 Å². The fourth-order valence-corrected chi connectivity index (χ4v) is 1.21. The summed E-state index contributed by atoms with van der Waals surface area (Å²) in [6.07, 6.45) is 0. The Morgan fingerprint density at radius 2 is 2.23 bits per heavy atom. The summed E-state index contributed by atoms with van der Waals surface area (Å²) in [6, 6.07) is 4.53. The Morgan fingerprint density at radius 1 is 1.62 bits per heavy atom. The summed E-state index contributed by atoms with van der Waals surface area (Å²) in [5, 5.41) is 9.86. The molecule has 70 valence electrons. The molecule has 0 radical (unpaired) electrons. The molecule has 0 aliphatic carbocycles. The average molecular weight is 200 g/mol. The van der Waals surface area contributed by atoms with E-state index >= 15 is 0 Å². The van der Waals surface area contributed by atoms with E-state index in [1.165, 1.54) is 12.1 Å². The van der Waals surface area contributed by atoms with Crippen molar-refractivity contribution in [1.82, 2.24) is 0 Å². The quantitative estimate of drug-likeness (QED) is 0.761. The molecular weight excluding hydrogens is 190 g/mol. The monoisotopic (exact) mass is 199 g/mol. The van der Waals surface area contributed by atoms with Crippen molar-refractivity contribution in [3.63, 3.8) is 0 Å². The highest BCUT2D eigenvalue weighted by atomic mass is 35.5. The molecule has 0 aromatic heterocycles. The molecular formula is C9H10ClNO2. The van der Waals surface area contributed by atoms with Crippen LogP contribution in [0.25, 0.3) is 0 Å². The van der Waals surface area contributed by atoms with Gasteiger partial charge in [0.2, 0.25) is 5.91 Å². The van der Waals surface area contributed by atoms with E-state index in [0.717, 1.165) is 0 Å². The minimum Gasteiger partial charge on any atom is -0.508 e. The number of amides is 1. The molecule has 1 unspecified atom stereocenters. The maximum Gasteiger partial charge on any atom is 0.224 e. The Morgan fingerprint density at radius 3 is 2.77 bits per heavy atom. The highest BCUT2D eigenvalue weighted by Crippen LogP contribution is 2.28. The van der Waals surface area contributed by atoms with Crippen LogP contribution in [0, 0.1) is 0 Å². The summed E-state index contributed by atoms with van der Waals surface area (Å²) in [5.74, 6) is -0.980. The Hall–Kier alpha value is -1.22. The van der Waals surface area contributed by atoms with Gasteiger partial charge in [0, 0.05) is 10.6 Å². The van der Waals surface area contributed by atoms with Crippen molar-refractivity contribution in [2.45, 2.75) is 12.8 Å². The van der Waals surface area contributed by atoms with E-state index in [1.54, 1.807) is 13.0 Å². The van der Waals surface area contributed by atoms with Gasteiger partial charge in [0.05, 0.1) is 5.92 Å². The lowest BCUT2D eigenvalue weighted by atomic mass is 10.00. The predicted molar refractivity (Wildman–Crippen MR) is 50.7 cm³/mol. The first-order valence-electron chi connectivity index (χ1n) is 3.80. The number of primary amides is 1. The number of halogens is 1. The van der Waals surface area contributed by atoms with Crippen LogP contribution in [0.4, 0.5) is 0 Å². The van der Waals surface area contributed by atoms with Crippen molar-refractivity contribution >= 4 is 17.5 Å². The third kappa shape index (κ3) is 2.12. The van der Waals surface area contributed by atoms with E-state index in [2.05, 4.69) is 0 Å². The van der Waals surface area contributed by atoms with Gasteiger partial charge in [-0.2, -0.15) is 0 Å². The first-order valence-corrected chi connectivity index (χ1v) is 4.18. The molecule has 1 aromatic carbocycles. The molecule has 0 spiro atoms. The molecule has 0 aliphatic heterocycles. The normalized spacial score (nSPS) is 12.5. The number of hydrogen-bond donors (Lipinski definition) is 2. The van der Waals surface area contributed by atoms with Crippen LogP contribution in [0.2, 0.25) is 5.02 Å². The number of carbonyl (C=O) groups excluding carboxylic acids is 1. The van der Waals surface area contributed by atoms with Gasteiger partial charge in [-0.15, -0.1) is 0 Å². The van der Waals surface area contributed by atoms with E-state index in [4.69, 9.17) is 17.3 Å². The zero-order chi connectivity index (χ0) is 10.0. The predicted octanol–water partition coefficient (Wildman–Crippen LogP) is 1.63. The van der Waals surface area contributed by atoms with E-state index in [-0.39, 0.29) is 5.75 Å². The molecule has 0 aliphatic rings. The smallest absolute Gasteiger partial charge is 0.224 e. The maximum atomic E-state index is 10.8. The summed E-state index contributed by atoms with van der Waals surface area (Å²) in [6.45, 7) is 1.62. The van der Waals surface area contributed by atoms with Crippen molar-refractivity contribution in [3.05, 3.63) is 28.8 Å². The number of aromatic hydroxyl groups is 1. The Kier molecular flexibility index (Phi) is 2.78. The average Bonchev–Trinajstić information content (AvgIpc) is 2.08. The van der Waals surface area contributed by atoms with Crippen LogP contribution in [0.3, 0.4) is 0 Å². The first-order chi connectivity index (χ1) is 6.02. The molecule has 1 rings (SSSR count). The molecule has 13 heavy (non-hydrogen) atoms. The lowest BCUT2D eigenvalue weighted by Gasteiger charge is -2.09. The van der Waals surface area contributed by atoms with Crippen molar-refractivity contribution < 1.29 is 9.90 Å². The van der Waals surface area contributed by atoms with Gasteiger partial charge in [-0.25, -0.2) is 0 Å². The van der Waals surface area contributed by atoms with Crippen LogP contribution in [-0.2, 0) is 4.79 Å². The van der Waals surface area contributed by atoms with Crippen LogP contribution in [0.1, 0.15) is 18.4 Å². The van der Waals surface area contributed by atoms with E-state index in [1.807, 2.05) is 0 Å². The second-order valence-corrected chi connectivity index (χ2v) is 3.26. The van der Waals surface area contributed by atoms with E-state index in [9.17, 15) is 9.90 Å². The molecule has 0 saturated heterocycles. The second kappa shape index (κ2) is 3.66. The first kappa shape index (κ1) is 9.86. The number of phenolic OH excluding ortho intramolecular Hbond substituents is 1. The second-order valence-electron chi connectivity index (χ2n) is 2.83. The highest BCUT2D eigenvalue weighted by Gasteiger charge is 2.15. The fraction of sp³-hybridized carbons (Fsp3) is 0.222. The van der Waals surface area contributed by atoms with Crippen LogP contribution in [0.5, 0.6) is 5.75 Å². The molecule has 1 atom stereocenters. The molecule has 3 nitrogen and oxygen atoms in total. The number of benzene rings is 1. The zero-order valence-corrected chi connectivity index (χ0v) is 7.88. The molecule has 1 aromatic rings. The van der Waals surface area contributed by atoms with Gasteiger partial charge in [-0.1, -0.05) is 11.6 Å².